The van der Waals surface area contributed by atoms with Crippen LogP contribution in [0.4, 0.5) is 4.79 Å². The van der Waals surface area contributed by atoms with Crippen molar-refractivity contribution in [2.75, 3.05) is 7.11 Å². The summed E-state index contributed by atoms with van der Waals surface area (Å²) in [6.45, 7) is 5.21. The van der Waals surface area contributed by atoms with Crippen LogP contribution in [0.2, 0.25) is 5.02 Å². The maximum Gasteiger partial charge on any atom is 0.408 e. The number of carbonyl (C=O) groups excluding carboxylic acids is 3. The van der Waals surface area contributed by atoms with Crippen LogP contribution >= 0.6 is 11.6 Å². The number of ketones is 1. The van der Waals surface area contributed by atoms with Gasteiger partial charge in [-0.3, -0.25) is 9.59 Å². The summed E-state index contributed by atoms with van der Waals surface area (Å²) in [6, 6.07) is 5.74. The summed E-state index contributed by atoms with van der Waals surface area (Å²) in [7, 11) is 1.24. The molecule has 0 spiro atoms. The number of nitrogens with one attached hydrogen (secondary N) is 1. The van der Waals surface area contributed by atoms with Gasteiger partial charge in [0.25, 0.3) is 0 Å². The average molecular weight is 382 g/mol. The van der Waals surface area contributed by atoms with Crippen molar-refractivity contribution in [2.45, 2.75) is 51.7 Å². The lowest BCUT2D eigenvalue weighted by atomic mass is 9.74. The first-order valence-electron chi connectivity index (χ1n) is 8.47. The Hall–Kier alpha value is -2.08. The molecule has 26 heavy (non-hydrogen) atoms. The molecule has 0 unspecified atom stereocenters. The molecule has 1 saturated carbocycles. The monoisotopic (exact) mass is 381 g/mol. The second kappa shape index (κ2) is 7.66. The van der Waals surface area contributed by atoms with E-state index in [0.717, 1.165) is 0 Å². The fraction of sp³-hybridized carbons (Fsp3) is 0.526. The van der Waals surface area contributed by atoms with Gasteiger partial charge in [-0.25, -0.2) is 4.79 Å². The van der Waals surface area contributed by atoms with Gasteiger partial charge in [0, 0.05) is 11.4 Å². The van der Waals surface area contributed by atoms with Gasteiger partial charge < -0.3 is 14.8 Å². The second-order valence-corrected chi connectivity index (χ2v) is 7.81. The number of hydrogen-bond donors (Lipinski definition) is 1. The van der Waals surface area contributed by atoms with Crippen molar-refractivity contribution in [1.29, 1.82) is 0 Å². The zero-order valence-corrected chi connectivity index (χ0v) is 16.2. The molecule has 0 radical (unpaired) electrons. The van der Waals surface area contributed by atoms with Gasteiger partial charge in [-0.1, -0.05) is 23.7 Å². The molecule has 1 amide bonds. The molecule has 2 rings (SSSR count). The maximum atomic E-state index is 12.7. The van der Waals surface area contributed by atoms with Crippen LogP contribution in [0.25, 0.3) is 0 Å². The van der Waals surface area contributed by atoms with Gasteiger partial charge in [0.2, 0.25) is 0 Å². The van der Waals surface area contributed by atoms with Crippen LogP contribution in [0, 0.1) is 5.41 Å². The molecule has 0 bridgehead atoms. The van der Waals surface area contributed by atoms with E-state index < -0.39 is 29.1 Å². The smallest absolute Gasteiger partial charge is 0.408 e. The van der Waals surface area contributed by atoms with E-state index in [0.29, 0.717) is 23.4 Å². The highest BCUT2D eigenvalue weighted by molar-refractivity contribution is 6.30. The molecule has 1 aliphatic carbocycles. The quantitative estimate of drug-likeness (QED) is 0.633. The van der Waals surface area contributed by atoms with E-state index in [1.807, 2.05) is 0 Å². The number of halogens is 1. The topological polar surface area (TPSA) is 81.7 Å². The summed E-state index contributed by atoms with van der Waals surface area (Å²) in [5.74, 6) is -0.906. The number of methoxy groups -OCH3 is 1. The van der Waals surface area contributed by atoms with E-state index in [-0.39, 0.29) is 12.2 Å². The first-order chi connectivity index (χ1) is 12.1. The van der Waals surface area contributed by atoms with Crippen LogP contribution < -0.4 is 5.32 Å². The number of amides is 1. The van der Waals surface area contributed by atoms with Crippen LogP contribution in [0.3, 0.4) is 0 Å². The Labute approximate surface area is 158 Å². The Bertz CT molecular complexity index is 695. The maximum absolute atomic E-state index is 12.7. The normalized spacial score (nSPS) is 21.2. The summed E-state index contributed by atoms with van der Waals surface area (Å²) in [4.78, 5) is 37.8. The number of ether oxygens (including phenoxy) is 2. The summed E-state index contributed by atoms with van der Waals surface area (Å²) < 4.78 is 10.3. The number of Topliss-reactive ketones (excluding diaryl/α,β-unsaturated/α-hetero) is 1. The van der Waals surface area contributed by atoms with Crippen molar-refractivity contribution in [3.8, 4) is 0 Å². The number of hydrogen-bond acceptors (Lipinski definition) is 5. The van der Waals surface area contributed by atoms with Crippen LogP contribution in [0.1, 0.15) is 51.6 Å². The number of carbonyl (C=O) groups is 3. The van der Waals surface area contributed by atoms with E-state index in [2.05, 4.69) is 5.32 Å². The van der Waals surface area contributed by atoms with Crippen molar-refractivity contribution in [2.24, 2.45) is 5.41 Å². The van der Waals surface area contributed by atoms with E-state index in [9.17, 15) is 14.4 Å². The van der Waals surface area contributed by atoms with Gasteiger partial charge >= 0.3 is 12.1 Å². The molecule has 1 fully saturated rings. The van der Waals surface area contributed by atoms with Gasteiger partial charge in [-0.05, 0) is 51.3 Å². The third kappa shape index (κ3) is 4.18. The Morgan fingerprint density at radius 3 is 2.31 bits per heavy atom. The molecule has 1 aromatic rings. The first-order valence-corrected chi connectivity index (χ1v) is 8.84. The average Bonchev–Trinajstić information content (AvgIpc) is 2.93. The minimum atomic E-state index is -1.47. The molecule has 142 valence electrons. The number of esters is 1. The van der Waals surface area contributed by atoms with Crippen molar-refractivity contribution < 1.29 is 23.9 Å². The highest BCUT2D eigenvalue weighted by Gasteiger charge is 2.56. The van der Waals surface area contributed by atoms with E-state index in [1.54, 1.807) is 45.0 Å². The minimum absolute atomic E-state index is 0.250. The molecule has 0 saturated heterocycles. The van der Waals surface area contributed by atoms with Crippen LogP contribution in [-0.2, 0) is 19.1 Å². The highest BCUT2D eigenvalue weighted by atomic mass is 35.5. The fourth-order valence-corrected chi connectivity index (χ4v) is 3.41. The van der Waals surface area contributed by atoms with E-state index in [1.165, 1.54) is 7.11 Å². The molecule has 7 heteroatoms. The fourth-order valence-electron chi connectivity index (χ4n) is 3.28. The molecular weight excluding hydrogens is 358 g/mol. The Kier molecular flexibility index (Phi) is 5.96. The van der Waals surface area contributed by atoms with E-state index >= 15 is 0 Å². The zero-order chi connectivity index (χ0) is 19.5. The third-order valence-corrected chi connectivity index (χ3v) is 4.63. The molecule has 0 aliphatic heterocycles. The van der Waals surface area contributed by atoms with Crippen LogP contribution in [-0.4, -0.2) is 30.6 Å². The minimum Gasteiger partial charge on any atom is -0.468 e. The predicted molar refractivity (Wildman–Crippen MR) is 96.9 cm³/mol. The SMILES string of the molecule is COC(=O)[C@@]1([C@H](NC(=O)OC(C)(C)C)c2ccc(Cl)cc2)CCCC1=O. The highest BCUT2D eigenvalue weighted by Crippen LogP contribution is 2.46. The van der Waals surface area contributed by atoms with Gasteiger partial charge in [-0.2, -0.15) is 0 Å². The van der Waals surface area contributed by atoms with Crippen LogP contribution in [0.15, 0.2) is 24.3 Å². The summed E-state index contributed by atoms with van der Waals surface area (Å²) >= 11 is 5.95. The Balaban J connectivity index is 2.48. The van der Waals surface area contributed by atoms with Gasteiger partial charge in [0.1, 0.15) is 5.60 Å². The largest absolute Gasteiger partial charge is 0.468 e. The Morgan fingerprint density at radius 2 is 1.85 bits per heavy atom. The number of rotatable bonds is 4. The molecule has 2 atom stereocenters. The molecule has 6 nitrogen and oxygen atoms in total. The summed E-state index contributed by atoms with van der Waals surface area (Å²) in [5, 5.41) is 3.22. The third-order valence-electron chi connectivity index (χ3n) is 4.38. The first kappa shape index (κ1) is 20.2. The molecule has 0 aromatic heterocycles. The summed E-state index contributed by atoms with van der Waals surface area (Å²) in [5.41, 5.74) is -1.60. The van der Waals surface area contributed by atoms with Crippen molar-refractivity contribution in [1.82, 2.24) is 5.32 Å². The molecule has 1 aliphatic rings. The van der Waals surface area contributed by atoms with Gasteiger partial charge in [0.15, 0.2) is 11.2 Å². The van der Waals surface area contributed by atoms with Crippen molar-refractivity contribution >= 4 is 29.4 Å². The zero-order valence-electron chi connectivity index (χ0n) is 15.4. The second-order valence-electron chi connectivity index (χ2n) is 7.37. The number of benzene rings is 1. The van der Waals surface area contributed by atoms with Gasteiger partial charge in [0.05, 0.1) is 13.2 Å². The molecule has 1 aromatic carbocycles. The lowest BCUT2D eigenvalue weighted by molar-refractivity contribution is -0.158. The van der Waals surface area contributed by atoms with E-state index in [4.69, 9.17) is 21.1 Å². The van der Waals surface area contributed by atoms with Crippen LogP contribution in [0.5, 0.6) is 0 Å². The number of alkyl carbamates (subject to hydrolysis) is 1. The molecule has 0 heterocycles. The standard InChI is InChI=1S/C19H24ClNO5/c1-18(2,3)26-17(24)21-15(12-7-9-13(20)10-8-12)19(16(23)25-4)11-5-6-14(19)22/h7-10,15H,5-6,11H2,1-4H3,(H,21,24)/t15-,19+/m1/s1. The Morgan fingerprint density at radius 1 is 1.23 bits per heavy atom. The lowest BCUT2D eigenvalue weighted by Crippen LogP contribution is -2.50. The van der Waals surface area contributed by atoms with Crippen molar-refractivity contribution in [3.05, 3.63) is 34.9 Å². The van der Waals surface area contributed by atoms with Gasteiger partial charge in [-0.15, -0.1) is 0 Å². The predicted octanol–water partition coefficient (Wildman–Crippen LogP) is 3.82. The lowest BCUT2D eigenvalue weighted by Gasteiger charge is -2.35. The summed E-state index contributed by atoms with van der Waals surface area (Å²) in [6.07, 6.45) is 0.394. The van der Waals surface area contributed by atoms with Crippen molar-refractivity contribution in [3.63, 3.8) is 0 Å². The molecule has 1 N–H and O–H groups in total. The molecular formula is C19H24ClNO5.